The quantitative estimate of drug-likeness (QED) is 0.505. The van der Waals surface area contributed by atoms with Crippen molar-refractivity contribution in [3.8, 4) is 0 Å². The number of aryl methyl sites for hydroxylation is 2. The lowest BCUT2D eigenvalue weighted by molar-refractivity contribution is -0.383. The molecule has 0 saturated carbocycles. The zero-order valence-corrected chi connectivity index (χ0v) is 11.6. The molecule has 0 aliphatic heterocycles. The van der Waals surface area contributed by atoms with Gasteiger partial charge < -0.3 is 15.5 Å². The molecule has 0 saturated heterocycles. The number of rotatable bonds is 4. The third-order valence-corrected chi connectivity index (χ3v) is 3.15. The number of nitro benzene ring substituents is 1. The predicted octanol–water partition coefficient (Wildman–Crippen LogP) is 3.56. The Morgan fingerprint density at radius 2 is 2.05 bits per heavy atom. The van der Waals surface area contributed by atoms with Gasteiger partial charge >= 0.3 is 0 Å². The van der Waals surface area contributed by atoms with Gasteiger partial charge in [0.15, 0.2) is 0 Å². The van der Waals surface area contributed by atoms with E-state index in [1.54, 1.807) is 12.1 Å². The van der Waals surface area contributed by atoms with E-state index in [0.717, 1.165) is 22.8 Å². The van der Waals surface area contributed by atoms with Gasteiger partial charge in [0.25, 0.3) is 5.69 Å². The van der Waals surface area contributed by atoms with Gasteiger partial charge in [-0.15, -0.1) is 0 Å². The van der Waals surface area contributed by atoms with Crippen LogP contribution in [0.4, 0.5) is 17.1 Å². The molecule has 0 amide bonds. The molecule has 106 valence electrons. The van der Waals surface area contributed by atoms with Crippen LogP contribution in [0.5, 0.6) is 0 Å². The Morgan fingerprint density at radius 1 is 1.35 bits per heavy atom. The summed E-state index contributed by atoms with van der Waals surface area (Å²) in [6.45, 7) is 5.80. The van der Waals surface area contributed by atoms with E-state index in [-0.39, 0.29) is 17.4 Å². The first kappa shape index (κ1) is 13.9. The molecule has 0 aliphatic rings. The van der Waals surface area contributed by atoms with Gasteiger partial charge in [-0.3, -0.25) is 10.1 Å². The summed E-state index contributed by atoms with van der Waals surface area (Å²) in [5.74, 6) is 1.71. The van der Waals surface area contributed by atoms with Gasteiger partial charge in [-0.05, 0) is 39.0 Å². The molecular weight excluding hydrogens is 258 g/mol. The van der Waals surface area contributed by atoms with Gasteiger partial charge in [-0.25, -0.2) is 0 Å². The molecule has 3 N–H and O–H groups in total. The lowest BCUT2D eigenvalue weighted by Gasteiger charge is -2.15. The van der Waals surface area contributed by atoms with E-state index in [0.29, 0.717) is 0 Å². The highest BCUT2D eigenvalue weighted by Crippen LogP contribution is 2.29. The van der Waals surface area contributed by atoms with Crippen LogP contribution in [-0.2, 0) is 0 Å². The molecule has 6 heteroatoms. The van der Waals surface area contributed by atoms with Crippen LogP contribution in [0.2, 0.25) is 0 Å². The number of anilines is 2. The minimum atomic E-state index is -0.494. The number of nitrogens with zero attached hydrogens (tertiary/aromatic N) is 1. The van der Waals surface area contributed by atoms with Crippen LogP contribution in [0, 0.1) is 24.0 Å². The first-order valence-electron chi connectivity index (χ1n) is 6.26. The van der Waals surface area contributed by atoms with Crippen LogP contribution in [0.15, 0.2) is 28.7 Å². The van der Waals surface area contributed by atoms with Gasteiger partial charge in [-0.1, -0.05) is 0 Å². The van der Waals surface area contributed by atoms with Crippen LogP contribution < -0.4 is 11.1 Å². The number of furan rings is 1. The van der Waals surface area contributed by atoms with E-state index >= 15 is 0 Å². The van der Waals surface area contributed by atoms with Gasteiger partial charge in [-0.2, -0.15) is 0 Å². The molecule has 20 heavy (non-hydrogen) atoms. The molecule has 0 bridgehead atoms. The van der Waals surface area contributed by atoms with E-state index in [9.17, 15) is 10.1 Å². The van der Waals surface area contributed by atoms with Crippen LogP contribution in [-0.4, -0.2) is 4.92 Å². The smallest absolute Gasteiger partial charge is 0.292 e. The second kappa shape index (κ2) is 5.24. The van der Waals surface area contributed by atoms with Crippen molar-refractivity contribution < 1.29 is 9.34 Å². The fourth-order valence-corrected chi connectivity index (χ4v) is 2.22. The average molecular weight is 275 g/mol. The van der Waals surface area contributed by atoms with Crippen molar-refractivity contribution in [2.75, 3.05) is 11.1 Å². The second-order valence-corrected chi connectivity index (χ2v) is 4.77. The van der Waals surface area contributed by atoms with Crippen molar-refractivity contribution >= 4 is 17.1 Å². The third-order valence-electron chi connectivity index (χ3n) is 3.15. The summed E-state index contributed by atoms with van der Waals surface area (Å²) in [6.07, 6.45) is 0. The summed E-state index contributed by atoms with van der Waals surface area (Å²) in [5, 5.41) is 14.0. The molecular formula is C14H17N3O3. The molecule has 1 aromatic carbocycles. The van der Waals surface area contributed by atoms with Crippen LogP contribution >= 0.6 is 0 Å². The summed E-state index contributed by atoms with van der Waals surface area (Å²) in [7, 11) is 0. The van der Waals surface area contributed by atoms with Gasteiger partial charge in [0.05, 0.1) is 11.0 Å². The second-order valence-electron chi connectivity index (χ2n) is 4.77. The molecule has 0 spiro atoms. The molecule has 1 heterocycles. The Bertz CT molecular complexity index is 649. The average Bonchev–Trinajstić information content (AvgIpc) is 2.68. The Kier molecular flexibility index (Phi) is 3.65. The molecule has 2 aromatic rings. The molecule has 0 fully saturated rings. The van der Waals surface area contributed by atoms with Gasteiger partial charge in [0.1, 0.15) is 17.2 Å². The Hall–Kier alpha value is -2.50. The van der Waals surface area contributed by atoms with Crippen molar-refractivity contribution in [3.05, 3.63) is 51.5 Å². The molecule has 1 aromatic heterocycles. The lowest BCUT2D eigenvalue weighted by Crippen LogP contribution is -2.07. The molecule has 6 nitrogen and oxygen atoms in total. The normalized spacial score (nSPS) is 12.2. The minimum absolute atomic E-state index is 0.0216. The van der Waals surface area contributed by atoms with Crippen molar-refractivity contribution in [2.45, 2.75) is 26.8 Å². The maximum absolute atomic E-state index is 10.7. The van der Waals surface area contributed by atoms with Gasteiger partial charge in [0.2, 0.25) is 0 Å². The number of nitrogens with two attached hydrogens (primary N) is 1. The highest BCUT2D eigenvalue weighted by atomic mass is 16.6. The molecule has 1 unspecified atom stereocenters. The first-order valence-corrected chi connectivity index (χ1v) is 6.26. The SMILES string of the molecule is Cc1cc(C(C)Nc2ccc([N+](=O)[O-])c(N)c2)c(C)o1. The van der Waals surface area contributed by atoms with Crippen LogP contribution in [0.3, 0.4) is 0 Å². The lowest BCUT2D eigenvalue weighted by atomic mass is 10.1. The summed E-state index contributed by atoms with van der Waals surface area (Å²) in [5.41, 5.74) is 7.52. The maximum atomic E-state index is 10.7. The number of benzene rings is 1. The highest BCUT2D eigenvalue weighted by molar-refractivity contribution is 5.66. The number of nitrogens with one attached hydrogen (secondary N) is 1. The Balaban J connectivity index is 2.20. The summed E-state index contributed by atoms with van der Waals surface area (Å²) in [4.78, 5) is 10.2. The number of hydrogen-bond donors (Lipinski definition) is 2. The maximum Gasteiger partial charge on any atom is 0.292 e. The van der Waals surface area contributed by atoms with E-state index < -0.39 is 4.92 Å². The van der Waals surface area contributed by atoms with Crippen molar-refractivity contribution in [3.63, 3.8) is 0 Å². The van der Waals surface area contributed by atoms with E-state index in [4.69, 9.17) is 10.2 Å². The Morgan fingerprint density at radius 3 is 2.55 bits per heavy atom. The first-order chi connectivity index (χ1) is 9.38. The summed E-state index contributed by atoms with van der Waals surface area (Å²) >= 11 is 0. The molecule has 0 radical (unpaired) electrons. The van der Waals surface area contributed by atoms with Crippen molar-refractivity contribution in [2.24, 2.45) is 0 Å². The predicted molar refractivity (Wildman–Crippen MR) is 77.7 cm³/mol. The number of hydrogen-bond acceptors (Lipinski definition) is 5. The van der Waals surface area contributed by atoms with E-state index in [1.165, 1.54) is 6.07 Å². The molecule has 2 rings (SSSR count). The zero-order valence-electron chi connectivity index (χ0n) is 11.6. The van der Waals surface area contributed by atoms with Crippen LogP contribution in [0.25, 0.3) is 0 Å². The Labute approximate surface area is 116 Å². The van der Waals surface area contributed by atoms with E-state index in [1.807, 2.05) is 26.8 Å². The highest BCUT2D eigenvalue weighted by Gasteiger charge is 2.15. The standard InChI is InChI=1S/C14H17N3O3/c1-8-6-12(10(3)20-8)9(2)16-11-4-5-14(17(18)19)13(15)7-11/h4-7,9,16H,15H2,1-3H3. The molecule has 0 aliphatic carbocycles. The topological polar surface area (TPSA) is 94.3 Å². The fourth-order valence-electron chi connectivity index (χ4n) is 2.22. The fraction of sp³-hybridized carbons (Fsp3) is 0.286. The monoisotopic (exact) mass is 275 g/mol. The zero-order chi connectivity index (χ0) is 14.9. The third kappa shape index (κ3) is 2.74. The number of nitro groups is 1. The van der Waals surface area contributed by atoms with Crippen molar-refractivity contribution in [1.29, 1.82) is 0 Å². The van der Waals surface area contributed by atoms with Crippen LogP contribution in [0.1, 0.15) is 30.0 Å². The molecule has 1 atom stereocenters. The minimum Gasteiger partial charge on any atom is -0.466 e. The summed E-state index contributed by atoms with van der Waals surface area (Å²) in [6, 6.07) is 6.61. The largest absolute Gasteiger partial charge is 0.466 e. The van der Waals surface area contributed by atoms with Crippen molar-refractivity contribution in [1.82, 2.24) is 0 Å². The number of nitrogen functional groups attached to an aromatic ring is 1. The van der Waals surface area contributed by atoms with E-state index in [2.05, 4.69) is 5.32 Å². The van der Waals surface area contributed by atoms with Gasteiger partial charge in [0, 0.05) is 17.3 Å². The summed E-state index contributed by atoms with van der Waals surface area (Å²) < 4.78 is 5.49.